The summed E-state index contributed by atoms with van der Waals surface area (Å²) in [5.74, 6) is -0.425. The molecule has 0 radical (unpaired) electrons. The van der Waals surface area contributed by atoms with E-state index in [-0.39, 0.29) is 5.57 Å². The van der Waals surface area contributed by atoms with Gasteiger partial charge in [0.05, 0.1) is 0 Å². The van der Waals surface area contributed by atoms with Gasteiger partial charge < -0.3 is 9.88 Å². The van der Waals surface area contributed by atoms with E-state index < -0.39 is 5.91 Å². The molecule has 4 rings (SSSR count). The minimum Gasteiger partial charge on any atom is -0.321 e. The van der Waals surface area contributed by atoms with Crippen LogP contribution in [0.1, 0.15) is 17.0 Å². The van der Waals surface area contributed by atoms with E-state index in [1.165, 1.54) is 0 Å². The fourth-order valence-corrected chi connectivity index (χ4v) is 3.96. The van der Waals surface area contributed by atoms with Crippen LogP contribution in [0.15, 0.2) is 82.8 Å². The Morgan fingerprint density at radius 2 is 1.71 bits per heavy atom. The zero-order valence-electron chi connectivity index (χ0n) is 17.2. The molecule has 0 bridgehead atoms. The Bertz CT molecular complexity index is 1360. The third-order valence-corrected chi connectivity index (χ3v) is 5.76. The second kappa shape index (κ2) is 8.63. The minimum absolute atomic E-state index is 0.0595. The predicted molar refractivity (Wildman–Crippen MR) is 129 cm³/mol. The Kier molecular flexibility index (Phi) is 5.75. The van der Waals surface area contributed by atoms with Crippen molar-refractivity contribution >= 4 is 44.4 Å². The van der Waals surface area contributed by atoms with E-state index in [9.17, 15) is 10.1 Å². The zero-order valence-corrected chi connectivity index (χ0v) is 18.8. The van der Waals surface area contributed by atoms with Crippen LogP contribution >= 0.6 is 15.9 Å². The van der Waals surface area contributed by atoms with Gasteiger partial charge in [-0.2, -0.15) is 5.26 Å². The van der Waals surface area contributed by atoms with Gasteiger partial charge in [0.15, 0.2) is 0 Å². The van der Waals surface area contributed by atoms with Crippen LogP contribution in [0.25, 0.3) is 22.5 Å². The number of benzene rings is 3. The van der Waals surface area contributed by atoms with Crippen LogP contribution in [-0.2, 0) is 4.79 Å². The molecule has 1 amide bonds. The van der Waals surface area contributed by atoms with Gasteiger partial charge in [-0.1, -0.05) is 46.3 Å². The van der Waals surface area contributed by atoms with Crippen LogP contribution in [-0.4, -0.2) is 10.5 Å². The van der Waals surface area contributed by atoms with Crippen LogP contribution in [0.3, 0.4) is 0 Å². The number of rotatable bonds is 4. The lowest BCUT2D eigenvalue weighted by molar-refractivity contribution is -0.112. The average Bonchev–Trinajstić information content (AvgIpc) is 3.05. The molecule has 0 saturated heterocycles. The van der Waals surface area contributed by atoms with E-state index in [2.05, 4.69) is 25.8 Å². The van der Waals surface area contributed by atoms with Crippen molar-refractivity contribution in [2.75, 3.05) is 5.32 Å². The molecule has 5 heteroatoms. The van der Waals surface area contributed by atoms with E-state index in [0.29, 0.717) is 5.69 Å². The summed E-state index contributed by atoms with van der Waals surface area (Å²) >= 11 is 3.46. The molecule has 4 nitrogen and oxygen atoms in total. The van der Waals surface area contributed by atoms with Gasteiger partial charge in [-0.05, 0) is 78.7 Å². The highest BCUT2D eigenvalue weighted by Gasteiger charge is 2.14. The molecular formula is C26H20BrN3O. The molecule has 152 valence electrons. The van der Waals surface area contributed by atoms with E-state index in [1.54, 1.807) is 6.08 Å². The molecule has 0 aliphatic heterocycles. The largest absolute Gasteiger partial charge is 0.321 e. The van der Waals surface area contributed by atoms with Crippen LogP contribution in [0.2, 0.25) is 0 Å². The predicted octanol–water partition coefficient (Wildman–Crippen LogP) is 6.56. The molecule has 0 unspecified atom stereocenters. The van der Waals surface area contributed by atoms with Crippen molar-refractivity contribution < 1.29 is 4.79 Å². The maximum atomic E-state index is 12.8. The number of anilines is 1. The maximum absolute atomic E-state index is 12.8. The normalized spacial score (nSPS) is 11.4. The number of nitrogens with one attached hydrogen (secondary N) is 1. The summed E-state index contributed by atoms with van der Waals surface area (Å²) in [7, 11) is 0. The second-order valence-electron chi connectivity index (χ2n) is 7.32. The number of hydrogen-bond donors (Lipinski definition) is 1. The molecule has 1 aromatic heterocycles. The topological polar surface area (TPSA) is 57.8 Å². The van der Waals surface area contributed by atoms with Gasteiger partial charge in [-0.25, -0.2) is 0 Å². The highest BCUT2D eigenvalue weighted by molar-refractivity contribution is 9.10. The maximum Gasteiger partial charge on any atom is 0.266 e. The fourth-order valence-electron chi connectivity index (χ4n) is 3.69. The summed E-state index contributed by atoms with van der Waals surface area (Å²) in [6.07, 6.45) is 1.65. The Morgan fingerprint density at radius 1 is 1.00 bits per heavy atom. The Morgan fingerprint density at radius 3 is 2.42 bits per heavy atom. The smallest absolute Gasteiger partial charge is 0.266 e. The number of aryl methyl sites for hydroxylation is 1. The van der Waals surface area contributed by atoms with Crippen molar-refractivity contribution in [3.05, 3.63) is 99.8 Å². The van der Waals surface area contributed by atoms with Crippen molar-refractivity contribution in [2.24, 2.45) is 0 Å². The van der Waals surface area contributed by atoms with E-state index >= 15 is 0 Å². The second-order valence-corrected chi connectivity index (χ2v) is 8.24. The van der Waals surface area contributed by atoms with Gasteiger partial charge in [0.1, 0.15) is 11.6 Å². The number of nitriles is 1. The van der Waals surface area contributed by atoms with Gasteiger partial charge >= 0.3 is 0 Å². The molecular weight excluding hydrogens is 450 g/mol. The number of halogens is 1. The average molecular weight is 470 g/mol. The van der Waals surface area contributed by atoms with Crippen molar-refractivity contribution in [3.8, 4) is 11.8 Å². The number of carbonyl (C=O) groups is 1. The zero-order chi connectivity index (χ0) is 22.0. The minimum atomic E-state index is -0.425. The van der Waals surface area contributed by atoms with Gasteiger partial charge in [-0.3, -0.25) is 4.79 Å². The summed E-state index contributed by atoms with van der Waals surface area (Å²) in [6.45, 7) is 3.99. The highest BCUT2D eigenvalue weighted by atomic mass is 79.9. The first-order chi connectivity index (χ1) is 15.0. The monoisotopic (exact) mass is 469 g/mol. The molecule has 1 heterocycles. The molecule has 1 N–H and O–H groups in total. The van der Waals surface area contributed by atoms with Gasteiger partial charge in [0.2, 0.25) is 0 Å². The highest BCUT2D eigenvalue weighted by Crippen LogP contribution is 2.25. The lowest BCUT2D eigenvalue weighted by atomic mass is 10.1. The van der Waals surface area contributed by atoms with Crippen LogP contribution in [0, 0.1) is 25.2 Å². The molecule has 4 aromatic rings. The lowest BCUT2D eigenvalue weighted by Crippen LogP contribution is -2.13. The number of aromatic nitrogens is 1. The molecule has 0 fully saturated rings. The van der Waals surface area contributed by atoms with Crippen molar-refractivity contribution in [1.29, 1.82) is 5.26 Å². The Hall–Kier alpha value is -3.62. The van der Waals surface area contributed by atoms with Crippen molar-refractivity contribution in [1.82, 2.24) is 4.57 Å². The fraction of sp³-hybridized carbons (Fsp3) is 0.0769. The molecule has 0 saturated carbocycles. The number of fused-ring (bicyclic) bond motifs is 1. The third kappa shape index (κ3) is 4.30. The van der Waals surface area contributed by atoms with Gasteiger partial charge in [-0.15, -0.1) is 0 Å². The standard InChI is InChI=1S/C26H20BrN3O/c1-17-13-21(18(2)30(17)25-11-8-23(27)9-12-25)14-22(16-28)26(31)29-24-10-7-19-5-3-4-6-20(19)15-24/h3-15H,1-2H3,(H,29,31). The van der Waals surface area contributed by atoms with Crippen LogP contribution < -0.4 is 5.32 Å². The quantitative estimate of drug-likeness (QED) is 0.271. The lowest BCUT2D eigenvalue weighted by Gasteiger charge is -2.10. The molecule has 0 spiro atoms. The molecule has 0 aliphatic rings. The number of hydrogen-bond acceptors (Lipinski definition) is 2. The van der Waals surface area contributed by atoms with Crippen LogP contribution in [0.4, 0.5) is 5.69 Å². The number of amides is 1. The summed E-state index contributed by atoms with van der Waals surface area (Å²) in [5, 5.41) is 14.6. The third-order valence-electron chi connectivity index (χ3n) is 5.23. The Balaban J connectivity index is 1.63. The van der Waals surface area contributed by atoms with E-state index in [1.807, 2.05) is 92.7 Å². The first-order valence-electron chi connectivity index (χ1n) is 9.83. The van der Waals surface area contributed by atoms with E-state index in [0.717, 1.165) is 37.9 Å². The first-order valence-corrected chi connectivity index (χ1v) is 10.6. The number of nitrogens with zero attached hydrogens (tertiary/aromatic N) is 2. The molecule has 0 aliphatic carbocycles. The SMILES string of the molecule is Cc1cc(C=C(C#N)C(=O)Nc2ccc3ccccc3c2)c(C)n1-c1ccc(Br)cc1. The summed E-state index contributed by atoms with van der Waals surface area (Å²) in [6, 6.07) is 25.7. The van der Waals surface area contributed by atoms with Gasteiger partial charge in [0.25, 0.3) is 5.91 Å². The van der Waals surface area contributed by atoms with Crippen molar-refractivity contribution in [3.63, 3.8) is 0 Å². The summed E-state index contributed by atoms with van der Waals surface area (Å²) in [4.78, 5) is 12.8. The molecule has 31 heavy (non-hydrogen) atoms. The number of carbonyl (C=O) groups excluding carboxylic acids is 1. The molecule has 3 aromatic carbocycles. The van der Waals surface area contributed by atoms with Crippen LogP contribution in [0.5, 0.6) is 0 Å². The summed E-state index contributed by atoms with van der Waals surface area (Å²) < 4.78 is 3.12. The van der Waals surface area contributed by atoms with E-state index in [4.69, 9.17) is 0 Å². The summed E-state index contributed by atoms with van der Waals surface area (Å²) in [5.41, 5.74) is 4.57. The van der Waals surface area contributed by atoms with Gasteiger partial charge in [0, 0.05) is 27.2 Å². The molecule has 0 atom stereocenters. The van der Waals surface area contributed by atoms with Crippen molar-refractivity contribution in [2.45, 2.75) is 13.8 Å². The first kappa shape index (κ1) is 20.6. The Labute approximate surface area is 189 Å².